The summed E-state index contributed by atoms with van der Waals surface area (Å²) in [7, 11) is 0. The molecular weight excluding hydrogens is 432 g/mol. The molecule has 0 saturated heterocycles. The van der Waals surface area contributed by atoms with Gasteiger partial charge in [0.25, 0.3) is 0 Å². The van der Waals surface area contributed by atoms with Crippen LogP contribution < -0.4 is 0 Å². The topological polar surface area (TPSA) is 57.0 Å². The number of hydrogen-bond acceptors (Lipinski definition) is 0. The molecule has 0 aliphatic heterocycles. The van der Waals surface area contributed by atoms with Crippen LogP contribution in [-0.4, -0.2) is 109 Å². The van der Waals surface area contributed by atoms with Gasteiger partial charge in [-0.1, -0.05) is 0 Å². The second-order valence-electron chi connectivity index (χ2n) is 0. The van der Waals surface area contributed by atoms with Crippen molar-refractivity contribution < 1.29 is 28.0 Å². The van der Waals surface area contributed by atoms with Gasteiger partial charge in [-0.25, -0.2) is 0 Å². The summed E-state index contributed by atoms with van der Waals surface area (Å²) in [5.41, 5.74) is 0. The van der Waals surface area contributed by atoms with Crippen LogP contribution in [0.5, 0.6) is 0 Å². The van der Waals surface area contributed by atoms with Gasteiger partial charge >= 0.3 is 100 Å². The van der Waals surface area contributed by atoms with Crippen LogP contribution in [0.1, 0.15) is 0 Å². The molecule has 2 nitrogen and oxygen atoms in total. The van der Waals surface area contributed by atoms with Crippen LogP contribution in [0.15, 0.2) is 0 Å². The van der Waals surface area contributed by atoms with Crippen molar-refractivity contribution in [2.45, 2.75) is 0 Å². The Labute approximate surface area is 134 Å². The summed E-state index contributed by atoms with van der Waals surface area (Å²) in [6.45, 7) is 0. The summed E-state index contributed by atoms with van der Waals surface area (Å²) in [4.78, 5) is 0. The molecule has 0 aliphatic carbocycles. The molecule has 0 N–H and O–H groups in total. The molecule has 0 amide bonds. The van der Waals surface area contributed by atoms with E-state index in [-0.39, 0.29) is 137 Å². The van der Waals surface area contributed by atoms with Gasteiger partial charge in [-0.05, 0) is 0 Å². The van der Waals surface area contributed by atoms with Crippen molar-refractivity contribution in [1.29, 1.82) is 0 Å². The standard InChI is InChI=1S/Bi.Ca.Cu.2O.Sr.2H/q;2*+2;2*-2;;;. The van der Waals surface area contributed by atoms with Gasteiger partial charge in [-0.3, -0.25) is 0 Å². The summed E-state index contributed by atoms with van der Waals surface area (Å²) in [5.74, 6) is 0. The second kappa shape index (κ2) is 35.7. The first kappa shape index (κ1) is 50.1. The molecule has 0 aromatic carbocycles. The van der Waals surface area contributed by atoms with Crippen molar-refractivity contribution in [2.75, 3.05) is 0 Å². The maximum absolute atomic E-state index is 0. The zero-order valence-electron chi connectivity index (χ0n) is 2.27. The normalized spacial score (nSPS) is 0. The first-order valence-corrected chi connectivity index (χ1v) is 0. The Balaban J connectivity index is 0. The van der Waals surface area contributed by atoms with Gasteiger partial charge in [0.15, 0.2) is 0 Å². The van der Waals surface area contributed by atoms with E-state index >= 15 is 0 Å². The van der Waals surface area contributed by atoms with Crippen LogP contribution in [-0.2, 0) is 28.0 Å². The summed E-state index contributed by atoms with van der Waals surface area (Å²) in [5, 5.41) is 0. The van der Waals surface area contributed by atoms with E-state index in [0.717, 1.165) is 0 Å². The summed E-state index contributed by atoms with van der Waals surface area (Å²) in [6, 6.07) is 0. The van der Waals surface area contributed by atoms with Crippen molar-refractivity contribution in [2.24, 2.45) is 0 Å². The van der Waals surface area contributed by atoms with Crippen molar-refractivity contribution >= 4 is 109 Å². The second-order valence-corrected chi connectivity index (χ2v) is 0. The molecule has 6 heavy (non-hydrogen) atoms. The van der Waals surface area contributed by atoms with E-state index in [1.54, 1.807) is 0 Å². The Morgan fingerprint density at radius 1 is 0.833 bits per heavy atom. The van der Waals surface area contributed by atoms with E-state index in [9.17, 15) is 0 Å². The van der Waals surface area contributed by atoms with Crippen LogP contribution >= 0.6 is 0 Å². The maximum atomic E-state index is 0. The van der Waals surface area contributed by atoms with Gasteiger partial charge in [0.1, 0.15) is 0 Å². The zero-order valence-corrected chi connectivity index (χ0v) is 8.90. The molecule has 0 spiro atoms. The van der Waals surface area contributed by atoms with E-state index < -0.39 is 0 Å². The minimum atomic E-state index is 0. The van der Waals surface area contributed by atoms with Crippen molar-refractivity contribution in [3.05, 3.63) is 0 Å². The van der Waals surface area contributed by atoms with Crippen molar-refractivity contribution in [3.63, 3.8) is 0 Å². The van der Waals surface area contributed by atoms with E-state index in [4.69, 9.17) is 0 Å². The molecule has 34 valence electrons. The average molecular weight is 434 g/mol. The first-order valence-electron chi connectivity index (χ1n) is 0. The Bertz CT molecular complexity index is 13.5. The zero-order chi connectivity index (χ0) is 0. The molecule has 0 heterocycles. The Kier molecular flexibility index (Phi) is 298. The third-order valence-electron chi connectivity index (χ3n) is 0. The average Bonchev–Trinajstić information content (AvgIpc) is 0. The summed E-state index contributed by atoms with van der Waals surface area (Å²) in [6.07, 6.45) is 0. The van der Waals surface area contributed by atoms with Gasteiger partial charge in [-0.15, -0.1) is 0 Å². The fourth-order valence-corrected chi connectivity index (χ4v) is 0. The Morgan fingerprint density at radius 2 is 0.833 bits per heavy atom. The van der Waals surface area contributed by atoms with Gasteiger partial charge in [0, 0.05) is 26.2 Å². The van der Waals surface area contributed by atoms with Crippen LogP contribution in [0.25, 0.3) is 0 Å². The van der Waals surface area contributed by atoms with Crippen LogP contribution in [0.3, 0.4) is 0 Å². The fraction of sp³-hybridized carbons (Fsp3) is 0. The molecule has 0 aliphatic rings. The molecule has 0 bridgehead atoms. The fourth-order valence-electron chi connectivity index (χ4n) is 0. The molecular formula is H2BiCaCuO2Sr. The number of rotatable bonds is 0. The predicted molar refractivity (Wildman–Crippen MR) is 21.4 cm³/mol. The van der Waals surface area contributed by atoms with E-state index in [1.807, 2.05) is 0 Å². The Hall–Kier alpha value is 4.06. The quantitative estimate of drug-likeness (QED) is 0.400. The molecule has 0 fully saturated rings. The monoisotopic (exact) mass is 434 g/mol. The third kappa shape index (κ3) is 24.4. The van der Waals surface area contributed by atoms with Gasteiger partial charge in [-0.2, -0.15) is 0 Å². The van der Waals surface area contributed by atoms with Crippen molar-refractivity contribution in [3.8, 4) is 0 Å². The summed E-state index contributed by atoms with van der Waals surface area (Å²) >= 11 is 0. The van der Waals surface area contributed by atoms with E-state index in [0.29, 0.717) is 0 Å². The van der Waals surface area contributed by atoms with Gasteiger partial charge in [0.05, 0.1) is 0 Å². The molecule has 6 heteroatoms. The SMILES string of the molecule is [Bi].[Ca+2].[Cu+2].[O-2].[O-2].[SrH2]. The van der Waals surface area contributed by atoms with E-state index in [2.05, 4.69) is 0 Å². The molecule has 0 atom stereocenters. The third-order valence-corrected chi connectivity index (χ3v) is 0. The molecule has 0 aromatic rings. The summed E-state index contributed by atoms with van der Waals surface area (Å²) < 4.78 is 0. The van der Waals surface area contributed by atoms with E-state index in [1.165, 1.54) is 0 Å². The van der Waals surface area contributed by atoms with Crippen LogP contribution in [0, 0.1) is 0 Å². The van der Waals surface area contributed by atoms with Crippen LogP contribution in [0.2, 0.25) is 0 Å². The van der Waals surface area contributed by atoms with Crippen molar-refractivity contribution in [1.82, 2.24) is 0 Å². The molecule has 0 rings (SSSR count). The Morgan fingerprint density at radius 3 is 0.833 bits per heavy atom. The molecule has 4 radical (unpaired) electrons. The first-order chi connectivity index (χ1) is 0. The van der Waals surface area contributed by atoms with Crippen LogP contribution in [0.4, 0.5) is 0 Å². The predicted octanol–water partition coefficient (Wildman–Crippen LogP) is -1.92. The van der Waals surface area contributed by atoms with Gasteiger partial charge in [0.2, 0.25) is 0 Å². The molecule has 0 unspecified atom stereocenters. The van der Waals surface area contributed by atoms with Gasteiger partial charge < -0.3 is 11.0 Å². The number of hydrogen-bond donors (Lipinski definition) is 0. The molecule has 0 saturated carbocycles. The minimum absolute atomic E-state index is 0. The molecule has 0 aromatic heterocycles.